The molecule has 0 bridgehead atoms. The lowest BCUT2D eigenvalue weighted by Gasteiger charge is -2.21. The third-order valence-electron chi connectivity index (χ3n) is 2.73. The second-order valence-electron chi connectivity index (χ2n) is 4.79. The highest BCUT2D eigenvalue weighted by molar-refractivity contribution is 5.48. The molecule has 0 fully saturated rings. The Balaban J connectivity index is 2.78. The summed E-state index contributed by atoms with van der Waals surface area (Å²) in [7, 11) is 0. The first kappa shape index (κ1) is 14.7. The van der Waals surface area contributed by atoms with Gasteiger partial charge in [0.05, 0.1) is 12.6 Å². The predicted molar refractivity (Wildman–Crippen MR) is 74.9 cm³/mol. The molecule has 0 amide bonds. The summed E-state index contributed by atoms with van der Waals surface area (Å²) in [6.45, 7) is 9.10. The first-order valence-electron chi connectivity index (χ1n) is 6.53. The molecule has 0 aliphatic carbocycles. The molecule has 1 unspecified atom stereocenters. The van der Waals surface area contributed by atoms with Crippen LogP contribution in [0, 0.1) is 12.8 Å². The topological polar surface area (TPSA) is 70.1 Å². The SMILES string of the molecule is CCCNc1cc(NC(CO)C(C)C)nc(C)n1. The zero-order chi connectivity index (χ0) is 13.5. The number of hydrogen-bond donors (Lipinski definition) is 3. The molecule has 0 saturated carbocycles. The first-order chi connectivity index (χ1) is 8.56. The van der Waals surface area contributed by atoms with E-state index < -0.39 is 0 Å². The standard InChI is InChI=1S/C13H24N4O/c1-5-6-14-12-7-13(16-10(4)15-12)17-11(8-18)9(2)3/h7,9,11,18H,5-6,8H2,1-4H3,(H2,14,15,16,17). The van der Waals surface area contributed by atoms with Crippen molar-refractivity contribution in [3.63, 3.8) is 0 Å². The molecule has 1 heterocycles. The van der Waals surface area contributed by atoms with Crippen molar-refractivity contribution in [2.24, 2.45) is 5.92 Å². The number of rotatable bonds is 7. The summed E-state index contributed by atoms with van der Waals surface area (Å²) in [5.41, 5.74) is 0. The van der Waals surface area contributed by atoms with E-state index in [2.05, 4.69) is 41.4 Å². The second-order valence-corrected chi connectivity index (χ2v) is 4.79. The van der Waals surface area contributed by atoms with E-state index in [1.807, 2.05) is 13.0 Å². The molecule has 0 radical (unpaired) electrons. The molecule has 1 atom stereocenters. The largest absolute Gasteiger partial charge is 0.394 e. The Morgan fingerprint density at radius 2 is 1.94 bits per heavy atom. The summed E-state index contributed by atoms with van der Waals surface area (Å²) < 4.78 is 0. The van der Waals surface area contributed by atoms with Gasteiger partial charge in [-0.15, -0.1) is 0 Å². The highest BCUT2D eigenvalue weighted by atomic mass is 16.3. The molecule has 0 spiro atoms. The minimum Gasteiger partial charge on any atom is -0.394 e. The van der Waals surface area contributed by atoms with Gasteiger partial charge in [0.1, 0.15) is 17.5 Å². The highest BCUT2D eigenvalue weighted by Gasteiger charge is 2.13. The Labute approximate surface area is 109 Å². The number of anilines is 2. The molecule has 102 valence electrons. The predicted octanol–water partition coefficient (Wildman–Crippen LogP) is 2.04. The van der Waals surface area contributed by atoms with E-state index in [9.17, 15) is 5.11 Å². The number of aryl methyl sites for hydroxylation is 1. The van der Waals surface area contributed by atoms with E-state index in [0.29, 0.717) is 5.92 Å². The van der Waals surface area contributed by atoms with Crippen molar-refractivity contribution >= 4 is 11.6 Å². The maximum Gasteiger partial charge on any atom is 0.132 e. The quantitative estimate of drug-likeness (QED) is 0.692. The van der Waals surface area contributed by atoms with Gasteiger partial charge in [0.25, 0.3) is 0 Å². The Morgan fingerprint density at radius 3 is 2.50 bits per heavy atom. The number of nitrogens with zero attached hydrogens (tertiary/aromatic N) is 2. The van der Waals surface area contributed by atoms with Crippen LogP contribution in [-0.2, 0) is 0 Å². The van der Waals surface area contributed by atoms with Crippen molar-refractivity contribution in [1.29, 1.82) is 0 Å². The van der Waals surface area contributed by atoms with E-state index >= 15 is 0 Å². The lowest BCUT2D eigenvalue weighted by Crippen LogP contribution is -2.30. The Morgan fingerprint density at radius 1 is 1.28 bits per heavy atom. The Kier molecular flexibility index (Phi) is 5.85. The fourth-order valence-corrected chi connectivity index (χ4v) is 1.60. The van der Waals surface area contributed by atoms with Crippen LogP contribution in [0.2, 0.25) is 0 Å². The molecule has 0 aliphatic heterocycles. The van der Waals surface area contributed by atoms with Gasteiger partial charge < -0.3 is 15.7 Å². The van der Waals surface area contributed by atoms with Crippen LogP contribution in [0.25, 0.3) is 0 Å². The zero-order valence-electron chi connectivity index (χ0n) is 11.7. The Hall–Kier alpha value is -1.36. The van der Waals surface area contributed by atoms with Crippen molar-refractivity contribution in [3.8, 4) is 0 Å². The van der Waals surface area contributed by atoms with Gasteiger partial charge in [-0.1, -0.05) is 20.8 Å². The van der Waals surface area contributed by atoms with E-state index in [1.165, 1.54) is 0 Å². The van der Waals surface area contributed by atoms with E-state index in [0.717, 1.165) is 30.4 Å². The van der Waals surface area contributed by atoms with Gasteiger partial charge in [-0.05, 0) is 19.3 Å². The molecular weight excluding hydrogens is 228 g/mol. The Bertz CT molecular complexity index is 368. The zero-order valence-corrected chi connectivity index (χ0v) is 11.7. The average molecular weight is 252 g/mol. The minimum absolute atomic E-state index is 0.0123. The number of aliphatic hydroxyl groups excluding tert-OH is 1. The minimum atomic E-state index is 0.0123. The van der Waals surface area contributed by atoms with Gasteiger partial charge in [0.15, 0.2) is 0 Å². The van der Waals surface area contributed by atoms with Crippen LogP contribution in [0.4, 0.5) is 11.6 Å². The molecule has 3 N–H and O–H groups in total. The molecule has 18 heavy (non-hydrogen) atoms. The summed E-state index contributed by atoms with van der Waals surface area (Å²) in [4.78, 5) is 8.66. The van der Waals surface area contributed by atoms with Crippen molar-refractivity contribution in [2.75, 3.05) is 23.8 Å². The third-order valence-corrected chi connectivity index (χ3v) is 2.73. The summed E-state index contributed by atoms with van der Waals surface area (Å²) in [5, 5.41) is 15.8. The number of nitrogens with one attached hydrogen (secondary N) is 2. The van der Waals surface area contributed by atoms with Gasteiger partial charge in [-0.2, -0.15) is 0 Å². The first-order valence-corrected chi connectivity index (χ1v) is 6.53. The monoisotopic (exact) mass is 252 g/mol. The molecule has 1 aromatic rings. The van der Waals surface area contributed by atoms with Crippen molar-refractivity contribution < 1.29 is 5.11 Å². The lowest BCUT2D eigenvalue weighted by atomic mass is 10.1. The average Bonchev–Trinajstić information content (AvgIpc) is 2.32. The highest BCUT2D eigenvalue weighted by Crippen LogP contribution is 2.14. The molecule has 1 aromatic heterocycles. The molecule has 0 aliphatic rings. The summed E-state index contributed by atoms with van der Waals surface area (Å²) in [6.07, 6.45) is 1.05. The normalized spacial score (nSPS) is 12.6. The molecule has 5 nitrogen and oxygen atoms in total. The molecule has 5 heteroatoms. The fraction of sp³-hybridized carbons (Fsp3) is 0.692. The smallest absolute Gasteiger partial charge is 0.132 e. The van der Waals surface area contributed by atoms with Crippen molar-refractivity contribution in [2.45, 2.75) is 40.2 Å². The molecular formula is C13H24N4O. The van der Waals surface area contributed by atoms with Gasteiger partial charge in [-0.3, -0.25) is 0 Å². The summed E-state index contributed by atoms with van der Waals surface area (Å²) in [5.74, 6) is 2.65. The number of hydrogen-bond acceptors (Lipinski definition) is 5. The lowest BCUT2D eigenvalue weighted by molar-refractivity contribution is 0.249. The van der Waals surface area contributed by atoms with Crippen LogP contribution in [0.5, 0.6) is 0 Å². The van der Waals surface area contributed by atoms with Crippen LogP contribution in [-0.4, -0.2) is 34.3 Å². The number of aromatic nitrogens is 2. The van der Waals surface area contributed by atoms with Gasteiger partial charge in [0, 0.05) is 12.6 Å². The van der Waals surface area contributed by atoms with Crippen LogP contribution < -0.4 is 10.6 Å². The fourth-order valence-electron chi connectivity index (χ4n) is 1.60. The van der Waals surface area contributed by atoms with Crippen LogP contribution in [0.15, 0.2) is 6.07 Å². The maximum atomic E-state index is 9.32. The van der Waals surface area contributed by atoms with Crippen LogP contribution in [0.1, 0.15) is 33.0 Å². The summed E-state index contributed by atoms with van der Waals surface area (Å²) in [6, 6.07) is 1.89. The van der Waals surface area contributed by atoms with Gasteiger partial charge in [-0.25, -0.2) is 9.97 Å². The van der Waals surface area contributed by atoms with E-state index in [4.69, 9.17) is 0 Å². The molecule has 0 saturated heterocycles. The van der Waals surface area contributed by atoms with Gasteiger partial charge >= 0.3 is 0 Å². The van der Waals surface area contributed by atoms with E-state index in [-0.39, 0.29) is 12.6 Å². The maximum absolute atomic E-state index is 9.32. The van der Waals surface area contributed by atoms with Crippen LogP contribution in [0.3, 0.4) is 0 Å². The summed E-state index contributed by atoms with van der Waals surface area (Å²) >= 11 is 0. The van der Waals surface area contributed by atoms with E-state index in [1.54, 1.807) is 0 Å². The van der Waals surface area contributed by atoms with Crippen molar-refractivity contribution in [3.05, 3.63) is 11.9 Å². The molecule has 1 rings (SSSR count). The number of aliphatic hydroxyl groups is 1. The van der Waals surface area contributed by atoms with Gasteiger partial charge in [0.2, 0.25) is 0 Å². The molecule has 0 aromatic carbocycles. The van der Waals surface area contributed by atoms with Crippen molar-refractivity contribution in [1.82, 2.24) is 9.97 Å². The van der Waals surface area contributed by atoms with Crippen LogP contribution >= 0.6 is 0 Å². The second kappa shape index (κ2) is 7.16. The third kappa shape index (κ3) is 4.49.